The van der Waals surface area contributed by atoms with E-state index in [4.69, 9.17) is 0 Å². The van der Waals surface area contributed by atoms with Crippen LogP contribution < -0.4 is 0 Å². The minimum atomic E-state index is -2.72. The fourth-order valence-electron chi connectivity index (χ4n) is 5.22. The van der Waals surface area contributed by atoms with Crippen molar-refractivity contribution in [3.8, 4) is 0 Å². The van der Waals surface area contributed by atoms with E-state index in [9.17, 15) is 18.4 Å². The summed E-state index contributed by atoms with van der Waals surface area (Å²) in [5.41, 5.74) is 2.45. The maximum absolute atomic E-state index is 14.0. The Balaban J connectivity index is 1.25. The van der Waals surface area contributed by atoms with Crippen LogP contribution in [-0.4, -0.2) is 61.3 Å². The van der Waals surface area contributed by atoms with Gasteiger partial charge in [-0.25, -0.2) is 8.78 Å². The third-order valence-corrected chi connectivity index (χ3v) is 7.12. The van der Waals surface area contributed by atoms with Gasteiger partial charge in [0, 0.05) is 54.4 Å². The summed E-state index contributed by atoms with van der Waals surface area (Å²) in [7, 11) is 0. The van der Waals surface area contributed by atoms with Gasteiger partial charge in [0.2, 0.25) is 0 Å². The lowest BCUT2D eigenvalue weighted by Gasteiger charge is -2.40. The third-order valence-electron chi connectivity index (χ3n) is 7.12. The molecule has 32 heavy (non-hydrogen) atoms. The Morgan fingerprint density at radius 1 is 1.06 bits per heavy atom. The van der Waals surface area contributed by atoms with Gasteiger partial charge in [-0.3, -0.25) is 14.7 Å². The summed E-state index contributed by atoms with van der Waals surface area (Å²) in [6.45, 7) is 0.801. The molecule has 166 valence electrons. The van der Waals surface area contributed by atoms with Gasteiger partial charge in [0.25, 0.3) is 17.7 Å². The fraction of sp³-hybridized carbons (Fsp3) is 0.435. The van der Waals surface area contributed by atoms with Crippen molar-refractivity contribution in [1.82, 2.24) is 25.0 Å². The number of hydrogen-bond acceptors (Lipinski definition) is 3. The first-order chi connectivity index (χ1) is 15.4. The van der Waals surface area contributed by atoms with Crippen LogP contribution in [0.25, 0.3) is 10.9 Å². The van der Waals surface area contributed by atoms with Crippen LogP contribution in [0.1, 0.15) is 57.9 Å². The fourth-order valence-corrected chi connectivity index (χ4v) is 5.22. The smallest absolute Gasteiger partial charge is 0.272 e. The van der Waals surface area contributed by atoms with Crippen LogP contribution in [0.15, 0.2) is 30.3 Å². The highest BCUT2D eigenvalue weighted by Gasteiger charge is 2.59. The number of amides is 2. The lowest BCUT2D eigenvalue weighted by atomic mass is 9.95. The summed E-state index contributed by atoms with van der Waals surface area (Å²) in [5.74, 6) is -3.14. The van der Waals surface area contributed by atoms with Gasteiger partial charge in [-0.1, -0.05) is 18.2 Å². The number of H-pyrrole nitrogens is 2. The molecule has 2 amide bonds. The van der Waals surface area contributed by atoms with E-state index in [1.807, 2.05) is 30.3 Å². The van der Waals surface area contributed by atoms with Crippen molar-refractivity contribution in [1.29, 1.82) is 0 Å². The van der Waals surface area contributed by atoms with Gasteiger partial charge >= 0.3 is 0 Å². The first-order valence-corrected chi connectivity index (χ1v) is 11.0. The average Bonchev–Trinajstić information content (AvgIpc) is 3.22. The number of nitrogens with zero attached hydrogens (tertiary/aromatic N) is 3. The van der Waals surface area contributed by atoms with Crippen molar-refractivity contribution in [2.75, 3.05) is 13.1 Å². The molecule has 2 aromatic heterocycles. The van der Waals surface area contributed by atoms with Crippen LogP contribution in [0.2, 0.25) is 0 Å². The number of carbonyl (C=O) groups is 2. The van der Waals surface area contributed by atoms with Gasteiger partial charge in [-0.05, 0) is 25.0 Å². The van der Waals surface area contributed by atoms with Crippen LogP contribution in [0, 0.1) is 0 Å². The number of benzene rings is 1. The first-order valence-electron chi connectivity index (χ1n) is 11.0. The van der Waals surface area contributed by atoms with Gasteiger partial charge in [0.1, 0.15) is 11.4 Å². The van der Waals surface area contributed by atoms with Crippen LogP contribution in [-0.2, 0) is 13.0 Å². The topological polar surface area (TPSA) is 85.1 Å². The maximum atomic E-state index is 14.0. The van der Waals surface area contributed by atoms with E-state index in [0.29, 0.717) is 42.8 Å². The molecule has 1 saturated heterocycles. The van der Waals surface area contributed by atoms with Gasteiger partial charge in [-0.15, -0.1) is 0 Å². The number of halogens is 2. The summed E-state index contributed by atoms with van der Waals surface area (Å²) < 4.78 is 27.9. The van der Waals surface area contributed by atoms with Gasteiger partial charge in [0.15, 0.2) is 0 Å². The molecule has 9 heteroatoms. The average molecular weight is 439 g/mol. The van der Waals surface area contributed by atoms with Gasteiger partial charge in [-0.2, -0.15) is 5.10 Å². The summed E-state index contributed by atoms with van der Waals surface area (Å²) >= 11 is 0. The Labute approximate surface area is 182 Å². The number of carbonyl (C=O) groups excluding carboxylic acids is 2. The SMILES string of the molecule is O=C(c1cc2ccccc2[nH]1)N1CCc2n[nH]c(C(=O)N3CCC(F)(F)CC34CC4)c2C1. The molecule has 3 aromatic rings. The third kappa shape index (κ3) is 3.02. The van der Waals surface area contributed by atoms with E-state index in [1.54, 1.807) is 9.80 Å². The van der Waals surface area contributed by atoms with Crippen molar-refractivity contribution >= 4 is 22.7 Å². The summed E-state index contributed by atoms with van der Waals surface area (Å²) in [6.07, 6.45) is 1.16. The van der Waals surface area contributed by atoms with E-state index in [2.05, 4.69) is 15.2 Å². The second kappa shape index (κ2) is 6.63. The van der Waals surface area contributed by atoms with Crippen molar-refractivity contribution < 1.29 is 18.4 Å². The number of para-hydroxylation sites is 1. The summed E-state index contributed by atoms with van der Waals surface area (Å²) in [4.78, 5) is 33.0. The quantitative estimate of drug-likeness (QED) is 0.641. The minimum absolute atomic E-state index is 0.0390. The maximum Gasteiger partial charge on any atom is 0.272 e. The molecule has 0 radical (unpaired) electrons. The molecule has 1 spiro atoms. The Kier molecular flexibility index (Phi) is 4.03. The molecule has 2 N–H and O–H groups in total. The van der Waals surface area contributed by atoms with Gasteiger partial charge < -0.3 is 14.8 Å². The molecule has 1 aromatic carbocycles. The molecule has 0 bridgehead atoms. The molecule has 1 aliphatic carbocycles. The molecule has 4 heterocycles. The second-order valence-electron chi connectivity index (χ2n) is 9.23. The first kappa shape index (κ1) is 19.5. The summed E-state index contributed by atoms with van der Waals surface area (Å²) in [5, 5.41) is 8.11. The summed E-state index contributed by atoms with van der Waals surface area (Å²) in [6, 6.07) is 9.53. The van der Waals surface area contributed by atoms with Crippen LogP contribution in [0.3, 0.4) is 0 Å². The molecule has 1 saturated carbocycles. The highest BCUT2D eigenvalue weighted by Crippen LogP contribution is 2.53. The number of aromatic nitrogens is 3. The zero-order chi connectivity index (χ0) is 22.1. The molecule has 6 rings (SSSR count). The normalized spacial score (nSPS) is 21.1. The van der Waals surface area contributed by atoms with Crippen LogP contribution >= 0.6 is 0 Å². The molecule has 7 nitrogen and oxygen atoms in total. The highest BCUT2D eigenvalue weighted by atomic mass is 19.3. The molecule has 3 aliphatic rings. The predicted molar refractivity (Wildman–Crippen MR) is 113 cm³/mol. The highest BCUT2D eigenvalue weighted by molar-refractivity contribution is 5.99. The van der Waals surface area contributed by atoms with Crippen LogP contribution in [0.5, 0.6) is 0 Å². The number of nitrogens with one attached hydrogen (secondary N) is 2. The van der Waals surface area contributed by atoms with E-state index in [-0.39, 0.29) is 37.7 Å². The molecule has 2 aliphatic heterocycles. The van der Waals surface area contributed by atoms with Crippen molar-refractivity contribution in [3.63, 3.8) is 0 Å². The molecular formula is C23H23F2N5O2. The predicted octanol–water partition coefficient (Wildman–Crippen LogP) is 3.49. The monoisotopic (exact) mass is 439 g/mol. The number of hydrogen-bond donors (Lipinski definition) is 2. The zero-order valence-corrected chi connectivity index (χ0v) is 17.5. The standard InChI is InChI=1S/C23H23F2N5O2/c24-23(25)8-10-30(22(13-23)6-7-22)21(32)19-15-12-29(9-5-17(15)27-28-19)20(31)18-11-14-3-1-2-4-16(14)26-18/h1-4,11,26H,5-10,12-13H2,(H,27,28). The molecule has 0 unspecified atom stereocenters. The Morgan fingerprint density at radius 3 is 2.66 bits per heavy atom. The number of fused-ring (bicyclic) bond motifs is 2. The molecule has 0 atom stereocenters. The number of aromatic amines is 2. The van der Waals surface area contributed by atoms with Crippen molar-refractivity contribution in [2.45, 2.75) is 50.1 Å². The van der Waals surface area contributed by atoms with E-state index < -0.39 is 11.5 Å². The Hall–Kier alpha value is -3.23. The second-order valence-corrected chi connectivity index (χ2v) is 9.23. The van der Waals surface area contributed by atoms with Crippen molar-refractivity contribution in [3.05, 3.63) is 53.0 Å². The number of rotatable bonds is 2. The number of piperidine rings is 1. The minimum Gasteiger partial charge on any atom is -0.351 e. The Bertz CT molecular complexity index is 1210. The molecule has 2 fully saturated rings. The largest absolute Gasteiger partial charge is 0.351 e. The number of alkyl halides is 2. The Morgan fingerprint density at radius 2 is 1.88 bits per heavy atom. The number of likely N-dealkylation sites (tertiary alicyclic amines) is 1. The lowest BCUT2D eigenvalue weighted by Crippen LogP contribution is -2.52. The lowest BCUT2D eigenvalue weighted by molar-refractivity contribution is -0.0764. The van der Waals surface area contributed by atoms with Gasteiger partial charge in [0.05, 0.1) is 12.2 Å². The van der Waals surface area contributed by atoms with Crippen molar-refractivity contribution in [2.24, 2.45) is 0 Å². The zero-order valence-electron chi connectivity index (χ0n) is 17.5. The molecular weight excluding hydrogens is 416 g/mol. The van der Waals surface area contributed by atoms with E-state index >= 15 is 0 Å². The van der Waals surface area contributed by atoms with E-state index in [0.717, 1.165) is 16.6 Å². The van der Waals surface area contributed by atoms with Crippen LogP contribution in [0.4, 0.5) is 8.78 Å². The van der Waals surface area contributed by atoms with E-state index in [1.165, 1.54) is 0 Å².